The molecular weight excluding hydrogens is 344 g/mol. The molecule has 0 bridgehead atoms. The smallest absolute Gasteiger partial charge is 0.155 e. The second kappa shape index (κ2) is 7.61. The van der Waals surface area contributed by atoms with Gasteiger partial charge in [0.05, 0.1) is 0 Å². The zero-order valence-corrected chi connectivity index (χ0v) is 17.6. The zero-order valence-electron chi connectivity index (χ0n) is 17.6. The minimum Gasteiger partial charge on any atom is -0.298 e. The summed E-state index contributed by atoms with van der Waals surface area (Å²) in [4.78, 5) is 23.3. The SMILES string of the molecule is CC(C)CC(=O)/C=C/C1CCC2C3CCc4cc(C=O)ccc4C3CCC12C. The summed E-state index contributed by atoms with van der Waals surface area (Å²) in [5, 5.41) is 0. The number of carbonyl (C=O) groups is 2. The van der Waals surface area contributed by atoms with E-state index in [-0.39, 0.29) is 5.78 Å². The molecule has 0 saturated heterocycles. The lowest BCUT2D eigenvalue weighted by atomic mass is 9.54. The quantitative estimate of drug-likeness (QED) is 0.455. The Morgan fingerprint density at radius 3 is 2.79 bits per heavy atom. The summed E-state index contributed by atoms with van der Waals surface area (Å²) in [5.74, 6) is 3.45. The average molecular weight is 379 g/mol. The first-order chi connectivity index (χ1) is 13.4. The normalized spacial score (nSPS) is 34.1. The summed E-state index contributed by atoms with van der Waals surface area (Å²) in [7, 11) is 0. The molecule has 2 fully saturated rings. The van der Waals surface area contributed by atoms with E-state index in [1.807, 2.05) is 12.1 Å². The first-order valence-corrected chi connectivity index (χ1v) is 11.2. The van der Waals surface area contributed by atoms with E-state index in [2.05, 4.69) is 39.0 Å². The number of hydrogen-bond donors (Lipinski definition) is 0. The van der Waals surface area contributed by atoms with Crippen LogP contribution in [0.1, 0.15) is 86.7 Å². The Hall–Kier alpha value is -1.70. The van der Waals surface area contributed by atoms with Crippen molar-refractivity contribution in [2.75, 3.05) is 0 Å². The van der Waals surface area contributed by atoms with Crippen LogP contribution in [0.15, 0.2) is 30.4 Å². The third-order valence-electron chi connectivity index (χ3n) is 8.08. The molecule has 0 N–H and O–H groups in total. The minimum atomic E-state index is 0.285. The highest BCUT2D eigenvalue weighted by atomic mass is 16.1. The Bertz CT molecular complexity index is 790. The van der Waals surface area contributed by atoms with Gasteiger partial charge < -0.3 is 0 Å². The summed E-state index contributed by atoms with van der Waals surface area (Å²) in [6, 6.07) is 6.35. The van der Waals surface area contributed by atoms with E-state index in [0.29, 0.717) is 29.6 Å². The van der Waals surface area contributed by atoms with Gasteiger partial charge in [-0.2, -0.15) is 0 Å². The third kappa shape index (κ3) is 3.40. The van der Waals surface area contributed by atoms with Crippen LogP contribution in [-0.4, -0.2) is 12.1 Å². The molecule has 0 aliphatic heterocycles. The van der Waals surface area contributed by atoms with Crippen molar-refractivity contribution in [2.45, 2.75) is 71.6 Å². The highest BCUT2D eigenvalue weighted by Gasteiger charge is 2.53. The van der Waals surface area contributed by atoms with Gasteiger partial charge in [0, 0.05) is 12.0 Å². The Labute approximate surface area is 169 Å². The molecular formula is C26H34O2. The Morgan fingerprint density at radius 1 is 1.21 bits per heavy atom. The van der Waals surface area contributed by atoms with Crippen LogP contribution in [0, 0.1) is 29.1 Å². The van der Waals surface area contributed by atoms with E-state index in [1.165, 1.54) is 43.2 Å². The van der Waals surface area contributed by atoms with Crippen LogP contribution < -0.4 is 0 Å². The Kier molecular flexibility index (Phi) is 5.33. The molecule has 0 aromatic heterocycles. The second-order valence-corrected chi connectivity index (χ2v) is 10.1. The number of aldehydes is 1. The van der Waals surface area contributed by atoms with Gasteiger partial charge in [0.15, 0.2) is 5.78 Å². The maximum atomic E-state index is 12.2. The minimum absolute atomic E-state index is 0.285. The third-order valence-corrected chi connectivity index (χ3v) is 8.08. The fourth-order valence-corrected chi connectivity index (χ4v) is 6.73. The van der Waals surface area contributed by atoms with E-state index >= 15 is 0 Å². The van der Waals surface area contributed by atoms with Crippen molar-refractivity contribution in [1.29, 1.82) is 0 Å². The maximum absolute atomic E-state index is 12.2. The van der Waals surface area contributed by atoms with Crippen LogP contribution in [0.3, 0.4) is 0 Å². The maximum Gasteiger partial charge on any atom is 0.155 e. The van der Waals surface area contributed by atoms with Gasteiger partial charge in [-0.25, -0.2) is 0 Å². The topological polar surface area (TPSA) is 34.1 Å². The molecule has 5 unspecified atom stereocenters. The largest absolute Gasteiger partial charge is 0.298 e. The fourth-order valence-electron chi connectivity index (χ4n) is 6.73. The highest BCUT2D eigenvalue weighted by Crippen LogP contribution is 2.63. The molecule has 0 spiro atoms. The number of rotatable bonds is 5. The molecule has 2 saturated carbocycles. The first-order valence-electron chi connectivity index (χ1n) is 11.2. The lowest BCUT2D eigenvalue weighted by Gasteiger charge is -2.50. The van der Waals surface area contributed by atoms with Gasteiger partial charge in [-0.3, -0.25) is 9.59 Å². The van der Waals surface area contributed by atoms with Crippen molar-refractivity contribution in [3.8, 4) is 0 Å². The van der Waals surface area contributed by atoms with E-state index in [1.54, 1.807) is 0 Å². The van der Waals surface area contributed by atoms with E-state index < -0.39 is 0 Å². The molecule has 28 heavy (non-hydrogen) atoms. The fraction of sp³-hybridized carbons (Fsp3) is 0.615. The van der Waals surface area contributed by atoms with Crippen LogP contribution >= 0.6 is 0 Å². The number of allylic oxidation sites excluding steroid dienone is 2. The van der Waals surface area contributed by atoms with Crippen LogP contribution in [-0.2, 0) is 11.2 Å². The zero-order chi connectivity index (χ0) is 19.9. The lowest BCUT2D eigenvalue weighted by molar-refractivity contribution is -0.115. The number of hydrogen-bond acceptors (Lipinski definition) is 2. The van der Waals surface area contributed by atoms with Crippen molar-refractivity contribution in [2.24, 2.45) is 29.1 Å². The molecule has 2 nitrogen and oxygen atoms in total. The van der Waals surface area contributed by atoms with Crippen molar-refractivity contribution in [1.82, 2.24) is 0 Å². The van der Waals surface area contributed by atoms with Gasteiger partial charge >= 0.3 is 0 Å². The lowest BCUT2D eigenvalue weighted by Crippen LogP contribution is -2.42. The molecule has 5 atom stereocenters. The average Bonchev–Trinajstić information content (AvgIpc) is 3.01. The number of benzene rings is 1. The van der Waals surface area contributed by atoms with Crippen LogP contribution in [0.5, 0.6) is 0 Å². The Balaban J connectivity index is 1.53. The molecule has 3 aliphatic rings. The van der Waals surface area contributed by atoms with Crippen molar-refractivity contribution < 1.29 is 9.59 Å². The summed E-state index contributed by atoms with van der Waals surface area (Å²) in [5.41, 5.74) is 4.07. The van der Waals surface area contributed by atoms with E-state index in [4.69, 9.17) is 0 Å². The molecule has 0 amide bonds. The number of fused-ring (bicyclic) bond motifs is 5. The molecule has 1 aromatic carbocycles. The molecule has 0 radical (unpaired) electrons. The molecule has 4 rings (SSSR count). The predicted molar refractivity (Wildman–Crippen MR) is 114 cm³/mol. The second-order valence-electron chi connectivity index (χ2n) is 10.1. The highest BCUT2D eigenvalue weighted by molar-refractivity contribution is 5.89. The van der Waals surface area contributed by atoms with Gasteiger partial charge in [-0.15, -0.1) is 0 Å². The molecule has 1 aromatic rings. The van der Waals surface area contributed by atoms with Gasteiger partial charge in [0.25, 0.3) is 0 Å². The van der Waals surface area contributed by atoms with Crippen LogP contribution in [0.25, 0.3) is 0 Å². The van der Waals surface area contributed by atoms with E-state index in [9.17, 15) is 9.59 Å². The summed E-state index contributed by atoms with van der Waals surface area (Å²) in [6.07, 6.45) is 13.2. The standard InChI is InChI=1S/C26H34O2/c1-17(2)14-21(28)8-6-20-7-11-25-24-10-5-19-15-18(16-27)4-9-22(19)23(24)12-13-26(20,25)3/h4,6,8-9,15-17,20,23-25H,5,7,10-14H2,1-3H3/b8-6+. The van der Waals surface area contributed by atoms with E-state index in [0.717, 1.165) is 30.1 Å². The van der Waals surface area contributed by atoms with Crippen LogP contribution in [0.4, 0.5) is 0 Å². The summed E-state index contributed by atoms with van der Waals surface area (Å²) >= 11 is 0. The van der Waals surface area contributed by atoms with Gasteiger partial charge in [0.2, 0.25) is 0 Å². The van der Waals surface area contributed by atoms with Gasteiger partial charge in [-0.05, 0) is 96.8 Å². The molecule has 150 valence electrons. The molecule has 2 heteroatoms. The van der Waals surface area contributed by atoms with Crippen molar-refractivity contribution in [3.05, 3.63) is 47.0 Å². The first kappa shape index (κ1) is 19.6. The summed E-state index contributed by atoms with van der Waals surface area (Å²) < 4.78 is 0. The Morgan fingerprint density at radius 2 is 2.04 bits per heavy atom. The number of aryl methyl sites for hydroxylation is 1. The van der Waals surface area contributed by atoms with Crippen molar-refractivity contribution >= 4 is 12.1 Å². The van der Waals surface area contributed by atoms with Gasteiger partial charge in [-0.1, -0.05) is 39.0 Å². The van der Waals surface area contributed by atoms with Gasteiger partial charge in [0.1, 0.15) is 6.29 Å². The number of ketones is 1. The molecule has 3 aliphatic carbocycles. The predicted octanol–water partition coefficient (Wildman–Crippen LogP) is 6.14. The number of carbonyl (C=O) groups excluding carboxylic acids is 2. The summed E-state index contributed by atoms with van der Waals surface area (Å²) in [6.45, 7) is 6.71. The molecule has 0 heterocycles. The monoisotopic (exact) mass is 378 g/mol. The van der Waals surface area contributed by atoms with Crippen LogP contribution in [0.2, 0.25) is 0 Å². The van der Waals surface area contributed by atoms with Crippen molar-refractivity contribution in [3.63, 3.8) is 0 Å².